The molecule has 2 heterocycles. The van der Waals surface area contributed by atoms with Crippen molar-refractivity contribution < 1.29 is 15.0 Å². The van der Waals surface area contributed by atoms with Gasteiger partial charge in [0.1, 0.15) is 5.82 Å². The topological polar surface area (TPSA) is 73.7 Å². The van der Waals surface area contributed by atoms with Crippen LogP contribution >= 0.6 is 11.6 Å². The number of carbonyl (C=O) groups is 1. The highest BCUT2D eigenvalue weighted by Gasteiger charge is 2.32. The van der Waals surface area contributed by atoms with E-state index in [2.05, 4.69) is 11.9 Å². The Bertz CT molecular complexity index is 467. The van der Waals surface area contributed by atoms with Gasteiger partial charge in [-0.15, -0.1) is 0 Å². The van der Waals surface area contributed by atoms with Crippen molar-refractivity contribution in [2.24, 2.45) is 5.92 Å². The van der Waals surface area contributed by atoms with Gasteiger partial charge >= 0.3 is 5.97 Å². The van der Waals surface area contributed by atoms with E-state index < -0.39 is 5.97 Å². The summed E-state index contributed by atoms with van der Waals surface area (Å²) in [6, 6.07) is 1.38. The fourth-order valence-electron chi connectivity index (χ4n) is 2.31. The molecule has 5 nitrogen and oxygen atoms in total. The Morgan fingerprint density at radius 2 is 2.39 bits per heavy atom. The molecule has 6 heteroatoms. The van der Waals surface area contributed by atoms with Gasteiger partial charge in [-0.05, 0) is 18.4 Å². The van der Waals surface area contributed by atoms with Crippen LogP contribution in [0.4, 0.5) is 5.82 Å². The lowest BCUT2D eigenvalue weighted by atomic mass is 10.0. The number of halogens is 1. The van der Waals surface area contributed by atoms with Crippen molar-refractivity contribution >= 4 is 23.4 Å². The lowest BCUT2D eigenvalue weighted by molar-refractivity contribution is 0.0696. The van der Waals surface area contributed by atoms with E-state index in [4.69, 9.17) is 16.7 Å². The Morgan fingerprint density at radius 3 is 2.94 bits per heavy atom. The Kier molecular flexibility index (Phi) is 3.73. The average molecular weight is 271 g/mol. The summed E-state index contributed by atoms with van der Waals surface area (Å²) in [5.74, 6) is -0.137. The zero-order chi connectivity index (χ0) is 13.3. The van der Waals surface area contributed by atoms with Crippen LogP contribution in [0.2, 0.25) is 5.02 Å². The summed E-state index contributed by atoms with van der Waals surface area (Å²) >= 11 is 6.07. The van der Waals surface area contributed by atoms with Gasteiger partial charge in [0.25, 0.3) is 0 Å². The standard InChI is InChI=1S/C12H15ClN2O3/c1-7-2-3-15(10(7)6-16)11-9(13)4-8(5-14-11)12(17)18/h4-5,7,10,16H,2-3,6H2,1H3,(H,17,18). The molecule has 2 atom stereocenters. The summed E-state index contributed by atoms with van der Waals surface area (Å²) in [6.45, 7) is 2.88. The maximum atomic E-state index is 10.8. The zero-order valence-electron chi connectivity index (χ0n) is 10.0. The van der Waals surface area contributed by atoms with Crippen molar-refractivity contribution in [3.05, 3.63) is 22.8 Å². The fraction of sp³-hybridized carbons (Fsp3) is 0.500. The van der Waals surface area contributed by atoms with E-state index >= 15 is 0 Å². The quantitative estimate of drug-likeness (QED) is 0.873. The number of aromatic carboxylic acids is 1. The molecule has 18 heavy (non-hydrogen) atoms. The number of carboxylic acid groups (broad SMARTS) is 1. The van der Waals surface area contributed by atoms with Gasteiger partial charge in [-0.1, -0.05) is 18.5 Å². The predicted molar refractivity (Wildman–Crippen MR) is 68.2 cm³/mol. The largest absolute Gasteiger partial charge is 0.478 e. The molecule has 0 saturated carbocycles. The van der Waals surface area contributed by atoms with E-state index in [-0.39, 0.29) is 18.2 Å². The van der Waals surface area contributed by atoms with Crippen LogP contribution in [0.25, 0.3) is 0 Å². The number of hydrogen-bond donors (Lipinski definition) is 2. The van der Waals surface area contributed by atoms with Gasteiger partial charge in [0, 0.05) is 12.7 Å². The number of aliphatic hydroxyl groups excluding tert-OH is 1. The third-order valence-electron chi connectivity index (χ3n) is 3.41. The van der Waals surface area contributed by atoms with Crippen molar-refractivity contribution in [2.75, 3.05) is 18.1 Å². The Morgan fingerprint density at radius 1 is 1.67 bits per heavy atom. The number of nitrogens with zero attached hydrogens (tertiary/aromatic N) is 2. The van der Waals surface area contributed by atoms with E-state index in [0.717, 1.165) is 13.0 Å². The highest BCUT2D eigenvalue weighted by molar-refractivity contribution is 6.33. The molecule has 1 fully saturated rings. The molecular weight excluding hydrogens is 256 g/mol. The predicted octanol–water partition coefficient (Wildman–Crippen LogP) is 1.64. The van der Waals surface area contributed by atoms with E-state index in [1.165, 1.54) is 12.3 Å². The summed E-state index contributed by atoms with van der Waals surface area (Å²) in [5.41, 5.74) is 0.0662. The molecule has 98 valence electrons. The summed E-state index contributed by atoms with van der Waals surface area (Å²) in [4.78, 5) is 16.9. The fourth-order valence-corrected chi connectivity index (χ4v) is 2.58. The van der Waals surface area contributed by atoms with Crippen LogP contribution in [0, 0.1) is 5.92 Å². The molecule has 0 amide bonds. The molecule has 0 aliphatic carbocycles. The molecular formula is C12H15ClN2O3. The third kappa shape index (κ3) is 2.28. The first-order chi connectivity index (χ1) is 8.54. The summed E-state index contributed by atoms with van der Waals surface area (Å²) in [7, 11) is 0. The second-order valence-electron chi connectivity index (χ2n) is 4.54. The lowest BCUT2D eigenvalue weighted by Gasteiger charge is -2.26. The highest BCUT2D eigenvalue weighted by atomic mass is 35.5. The zero-order valence-corrected chi connectivity index (χ0v) is 10.8. The molecule has 0 spiro atoms. The first kappa shape index (κ1) is 13.1. The number of pyridine rings is 1. The van der Waals surface area contributed by atoms with Gasteiger partial charge in [-0.25, -0.2) is 9.78 Å². The van der Waals surface area contributed by atoms with Crippen molar-refractivity contribution in [3.63, 3.8) is 0 Å². The van der Waals surface area contributed by atoms with Crippen LogP contribution in [0.3, 0.4) is 0 Å². The summed E-state index contributed by atoms with van der Waals surface area (Å²) < 4.78 is 0. The molecule has 2 rings (SSSR count). The molecule has 0 radical (unpaired) electrons. The van der Waals surface area contributed by atoms with E-state index in [1.807, 2.05) is 4.90 Å². The monoisotopic (exact) mass is 270 g/mol. The molecule has 0 aromatic carbocycles. The van der Waals surface area contributed by atoms with E-state index in [0.29, 0.717) is 16.8 Å². The van der Waals surface area contributed by atoms with Gasteiger partial charge in [-0.2, -0.15) is 0 Å². The van der Waals surface area contributed by atoms with Gasteiger partial charge in [0.15, 0.2) is 0 Å². The molecule has 2 N–H and O–H groups in total. The minimum Gasteiger partial charge on any atom is -0.478 e. The number of carboxylic acids is 1. The molecule has 1 saturated heterocycles. The first-order valence-corrected chi connectivity index (χ1v) is 6.18. The van der Waals surface area contributed by atoms with Crippen molar-refractivity contribution in [3.8, 4) is 0 Å². The van der Waals surface area contributed by atoms with Gasteiger partial charge in [-0.3, -0.25) is 0 Å². The molecule has 1 aliphatic rings. The van der Waals surface area contributed by atoms with Crippen LogP contribution in [0.15, 0.2) is 12.3 Å². The van der Waals surface area contributed by atoms with Crippen LogP contribution in [-0.2, 0) is 0 Å². The van der Waals surface area contributed by atoms with Crippen LogP contribution < -0.4 is 4.90 Å². The Balaban J connectivity index is 2.31. The van der Waals surface area contributed by atoms with E-state index in [9.17, 15) is 9.90 Å². The maximum Gasteiger partial charge on any atom is 0.337 e. The van der Waals surface area contributed by atoms with Gasteiger partial charge in [0.05, 0.1) is 23.2 Å². The van der Waals surface area contributed by atoms with Gasteiger partial charge in [0.2, 0.25) is 0 Å². The second-order valence-corrected chi connectivity index (χ2v) is 4.95. The number of rotatable bonds is 3. The van der Waals surface area contributed by atoms with Crippen LogP contribution in [-0.4, -0.2) is 40.4 Å². The van der Waals surface area contributed by atoms with E-state index in [1.54, 1.807) is 0 Å². The van der Waals surface area contributed by atoms with Gasteiger partial charge < -0.3 is 15.1 Å². The maximum absolute atomic E-state index is 10.8. The SMILES string of the molecule is CC1CCN(c2ncc(C(=O)O)cc2Cl)C1CO. The molecule has 2 unspecified atom stereocenters. The minimum atomic E-state index is -1.05. The van der Waals surface area contributed by atoms with Crippen molar-refractivity contribution in [2.45, 2.75) is 19.4 Å². The summed E-state index contributed by atoms with van der Waals surface area (Å²) in [6.07, 6.45) is 2.25. The average Bonchev–Trinajstić information content (AvgIpc) is 2.70. The second kappa shape index (κ2) is 5.12. The molecule has 0 bridgehead atoms. The normalized spacial score (nSPS) is 23.4. The minimum absolute atomic E-state index is 0.00863. The molecule has 1 aromatic heterocycles. The smallest absolute Gasteiger partial charge is 0.337 e. The first-order valence-electron chi connectivity index (χ1n) is 5.81. The Hall–Kier alpha value is -1.33. The van der Waals surface area contributed by atoms with Crippen LogP contribution in [0.5, 0.6) is 0 Å². The number of aliphatic hydroxyl groups is 1. The Labute approximate surface area is 110 Å². The van der Waals surface area contributed by atoms with Crippen molar-refractivity contribution in [1.82, 2.24) is 4.98 Å². The highest BCUT2D eigenvalue weighted by Crippen LogP contribution is 2.32. The number of anilines is 1. The number of aromatic nitrogens is 1. The van der Waals surface area contributed by atoms with Crippen LogP contribution in [0.1, 0.15) is 23.7 Å². The lowest BCUT2D eigenvalue weighted by Crippen LogP contribution is -2.36. The number of hydrogen-bond acceptors (Lipinski definition) is 4. The third-order valence-corrected chi connectivity index (χ3v) is 3.69. The molecule has 1 aliphatic heterocycles. The molecule has 1 aromatic rings. The summed E-state index contributed by atoms with van der Waals surface area (Å²) in [5, 5.41) is 18.6. The van der Waals surface area contributed by atoms with Crippen molar-refractivity contribution in [1.29, 1.82) is 0 Å².